The zero-order valence-electron chi connectivity index (χ0n) is 5.93. The number of rotatable bonds is 4. The molecule has 0 amide bonds. The first kappa shape index (κ1) is 9.72. The van der Waals surface area contributed by atoms with Gasteiger partial charge in [-0.1, -0.05) is 22.5 Å². The average Bonchev–Trinajstić information content (AvgIpc) is 1.82. The number of hydrogen-bond donors (Lipinski definition) is 1. The Balaban J connectivity index is 3.54. The normalized spacial score (nSPS) is 11.3. The first-order valence-corrected chi connectivity index (χ1v) is 3.72. The van der Waals surface area contributed by atoms with Gasteiger partial charge < -0.3 is 9.84 Å². The van der Waals surface area contributed by atoms with Crippen molar-refractivity contribution >= 4 is 15.9 Å². The lowest BCUT2D eigenvalue weighted by Gasteiger charge is -2.01. The van der Waals surface area contributed by atoms with E-state index in [0.717, 1.165) is 4.48 Å². The smallest absolute Gasteiger partial charge is 0.113 e. The third-order valence-electron chi connectivity index (χ3n) is 0.739. The molecule has 0 aliphatic heterocycles. The van der Waals surface area contributed by atoms with Crippen LogP contribution in [0.5, 0.6) is 0 Å². The van der Waals surface area contributed by atoms with Gasteiger partial charge in [-0.05, 0) is 17.5 Å². The predicted molar refractivity (Wildman–Crippen MR) is 44.9 cm³/mol. The van der Waals surface area contributed by atoms with Gasteiger partial charge in [-0.2, -0.15) is 0 Å². The summed E-state index contributed by atoms with van der Waals surface area (Å²) in [5.41, 5.74) is 0. The molecule has 58 valence electrons. The molecule has 0 spiro atoms. The summed E-state index contributed by atoms with van der Waals surface area (Å²) in [4.78, 5) is 0. The summed E-state index contributed by atoms with van der Waals surface area (Å²) < 4.78 is 5.91. The molecule has 0 heterocycles. The third-order valence-corrected chi connectivity index (χ3v) is 0.968. The van der Waals surface area contributed by atoms with Crippen LogP contribution in [0.3, 0.4) is 0 Å². The Morgan fingerprint density at radius 2 is 2.40 bits per heavy atom. The highest BCUT2D eigenvalue weighted by Gasteiger charge is 1.88. The fourth-order valence-corrected chi connectivity index (χ4v) is 0.696. The molecule has 0 unspecified atom stereocenters. The van der Waals surface area contributed by atoms with Gasteiger partial charge in [0.25, 0.3) is 0 Å². The molecular weight excluding hydrogens is 196 g/mol. The first-order valence-electron chi connectivity index (χ1n) is 2.93. The van der Waals surface area contributed by atoms with Crippen LogP contribution in [0.2, 0.25) is 0 Å². The number of halogens is 1. The number of ether oxygens (including phenoxy) is 1. The van der Waals surface area contributed by atoms with E-state index in [-0.39, 0.29) is 6.61 Å². The van der Waals surface area contributed by atoms with Gasteiger partial charge in [0.2, 0.25) is 0 Å². The molecule has 0 aromatic carbocycles. The lowest BCUT2D eigenvalue weighted by atomic mass is 10.5. The molecule has 0 saturated heterocycles. The summed E-state index contributed by atoms with van der Waals surface area (Å²) in [5.74, 6) is 0.559. The minimum absolute atomic E-state index is 0.0220. The van der Waals surface area contributed by atoms with E-state index in [1.165, 1.54) is 0 Å². The summed E-state index contributed by atoms with van der Waals surface area (Å²) in [5, 5.41) is 8.35. The van der Waals surface area contributed by atoms with Gasteiger partial charge in [0, 0.05) is 0 Å². The van der Waals surface area contributed by atoms with Gasteiger partial charge >= 0.3 is 0 Å². The first-order chi connectivity index (χ1) is 4.66. The van der Waals surface area contributed by atoms with Gasteiger partial charge in [-0.3, -0.25) is 0 Å². The highest BCUT2D eigenvalue weighted by molar-refractivity contribution is 9.11. The summed E-state index contributed by atoms with van der Waals surface area (Å²) in [6, 6.07) is 0. The van der Waals surface area contributed by atoms with Gasteiger partial charge in [0.05, 0.1) is 6.61 Å². The lowest BCUT2D eigenvalue weighted by molar-refractivity contribution is 0.153. The maximum absolute atomic E-state index is 8.35. The van der Waals surface area contributed by atoms with Crippen LogP contribution in [0.4, 0.5) is 0 Å². The van der Waals surface area contributed by atoms with Crippen molar-refractivity contribution in [1.82, 2.24) is 0 Å². The number of hydrogen-bond acceptors (Lipinski definition) is 2. The second kappa shape index (κ2) is 5.50. The molecule has 0 atom stereocenters. The zero-order chi connectivity index (χ0) is 7.98. The highest BCUT2D eigenvalue weighted by atomic mass is 79.9. The van der Waals surface area contributed by atoms with E-state index in [4.69, 9.17) is 9.84 Å². The Kier molecular flexibility index (Phi) is 5.35. The second-order valence-electron chi connectivity index (χ2n) is 1.77. The molecule has 10 heavy (non-hydrogen) atoms. The van der Waals surface area contributed by atoms with Gasteiger partial charge in [-0.25, -0.2) is 0 Å². The van der Waals surface area contributed by atoms with Crippen molar-refractivity contribution in [2.24, 2.45) is 0 Å². The molecule has 0 rings (SSSR count). The average molecular weight is 207 g/mol. The summed E-state index contributed by atoms with van der Waals surface area (Å²) in [6.07, 6.45) is 1.75. The molecule has 1 N–H and O–H groups in total. The molecule has 0 aliphatic rings. The van der Waals surface area contributed by atoms with Crippen molar-refractivity contribution in [2.75, 3.05) is 13.2 Å². The largest absolute Gasteiger partial charge is 0.492 e. The van der Waals surface area contributed by atoms with E-state index in [1.807, 2.05) is 6.92 Å². The molecule has 0 radical (unpaired) electrons. The molecule has 0 saturated carbocycles. The quantitative estimate of drug-likeness (QED) is 0.562. The highest BCUT2D eigenvalue weighted by Crippen LogP contribution is 2.06. The van der Waals surface area contributed by atoms with Crippen LogP contribution in [0.1, 0.15) is 6.92 Å². The Morgan fingerprint density at radius 1 is 1.80 bits per heavy atom. The molecule has 0 aromatic rings. The van der Waals surface area contributed by atoms with Crippen LogP contribution in [0.15, 0.2) is 22.9 Å². The topological polar surface area (TPSA) is 29.5 Å². The molecule has 2 nitrogen and oxygen atoms in total. The SMILES string of the molecule is C=C(/C=C(\C)Br)OCCO. The van der Waals surface area contributed by atoms with Crippen molar-refractivity contribution < 1.29 is 9.84 Å². The van der Waals surface area contributed by atoms with Gasteiger partial charge in [0.1, 0.15) is 12.4 Å². The predicted octanol–water partition coefficient (Wildman–Crippen LogP) is 1.81. The number of aliphatic hydroxyl groups is 1. The minimum atomic E-state index is 0.0220. The van der Waals surface area contributed by atoms with Crippen molar-refractivity contribution in [3.63, 3.8) is 0 Å². The molecule has 0 aromatic heterocycles. The Hall–Kier alpha value is -0.280. The maximum Gasteiger partial charge on any atom is 0.113 e. The van der Waals surface area contributed by atoms with Crippen molar-refractivity contribution in [1.29, 1.82) is 0 Å². The lowest BCUT2D eigenvalue weighted by Crippen LogP contribution is -1.96. The third kappa shape index (κ3) is 5.85. The Morgan fingerprint density at radius 3 is 2.80 bits per heavy atom. The standard InChI is InChI=1S/C7H11BrO2/c1-6(8)5-7(2)10-4-3-9/h5,9H,2-4H2,1H3/b6-5+. The van der Waals surface area contributed by atoms with Crippen molar-refractivity contribution in [3.8, 4) is 0 Å². The number of allylic oxidation sites excluding steroid dienone is 2. The zero-order valence-corrected chi connectivity index (χ0v) is 7.52. The number of aliphatic hydroxyl groups excluding tert-OH is 1. The van der Waals surface area contributed by atoms with E-state index >= 15 is 0 Å². The van der Waals surface area contributed by atoms with Crippen LogP contribution in [0, 0.1) is 0 Å². The molecule has 0 fully saturated rings. The second-order valence-corrected chi connectivity index (χ2v) is 3.02. The fraction of sp³-hybridized carbons (Fsp3) is 0.429. The van der Waals surface area contributed by atoms with Gasteiger partial charge in [-0.15, -0.1) is 0 Å². The summed E-state index contributed by atoms with van der Waals surface area (Å²) >= 11 is 3.22. The van der Waals surface area contributed by atoms with Crippen LogP contribution in [-0.2, 0) is 4.74 Å². The fourth-order valence-electron chi connectivity index (χ4n) is 0.440. The molecular formula is C7H11BrO2. The van der Waals surface area contributed by atoms with E-state index in [0.29, 0.717) is 12.4 Å². The Bertz CT molecular complexity index is 137. The van der Waals surface area contributed by atoms with E-state index in [2.05, 4.69) is 22.5 Å². The van der Waals surface area contributed by atoms with Gasteiger partial charge in [0.15, 0.2) is 0 Å². The van der Waals surface area contributed by atoms with Crippen molar-refractivity contribution in [2.45, 2.75) is 6.92 Å². The van der Waals surface area contributed by atoms with Crippen LogP contribution < -0.4 is 0 Å². The van der Waals surface area contributed by atoms with E-state index in [9.17, 15) is 0 Å². The molecule has 0 bridgehead atoms. The van der Waals surface area contributed by atoms with Crippen LogP contribution >= 0.6 is 15.9 Å². The summed E-state index contributed by atoms with van der Waals surface area (Å²) in [6.45, 7) is 5.80. The summed E-state index contributed by atoms with van der Waals surface area (Å²) in [7, 11) is 0. The Labute approximate surface area is 69.3 Å². The van der Waals surface area contributed by atoms with Crippen LogP contribution in [0.25, 0.3) is 0 Å². The minimum Gasteiger partial charge on any atom is -0.492 e. The van der Waals surface area contributed by atoms with E-state index < -0.39 is 0 Å². The molecule has 3 heteroatoms. The van der Waals surface area contributed by atoms with E-state index in [1.54, 1.807) is 6.08 Å². The molecule has 0 aliphatic carbocycles. The monoisotopic (exact) mass is 206 g/mol. The van der Waals surface area contributed by atoms with Crippen LogP contribution in [-0.4, -0.2) is 18.3 Å². The van der Waals surface area contributed by atoms with Crippen molar-refractivity contribution in [3.05, 3.63) is 22.9 Å². The maximum atomic E-state index is 8.35.